The molecule has 6 heteroatoms. The Morgan fingerprint density at radius 1 is 1.44 bits per heavy atom. The number of anilines is 1. The smallest absolute Gasteiger partial charge is 0.251 e. The first-order valence-electron chi connectivity index (χ1n) is 4.79. The molecule has 1 aromatic rings. The topological polar surface area (TPSA) is 53.8 Å². The minimum atomic E-state index is -0.397. The van der Waals surface area contributed by atoms with Gasteiger partial charge in [0.05, 0.1) is 17.3 Å². The highest BCUT2D eigenvalue weighted by Crippen LogP contribution is 2.25. The van der Waals surface area contributed by atoms with Crippen LogP contribution in [0.5, 0.6) is 0 Å². The number of hydrogen-bond donors (Lipinski definition) is 1. The normalized spacial score (nSPS) is 18.8. The summed E-state index contributed by atoms with van der Waals surface area (Å²) >= 11 is 11.7. The standard InChI is InChI=1S/C10H9Cl2N3O/c11-6-1-2-8(7(12)5-6)14-10(16)9-3-4-13-15-9/h1-2,5,9H,3-4H2,(H,14,16). The van der Waals surface area contributed by atoms with Crippen molar-refractivity contribution in [1.82, 2.24) is 0 Å². The van der Waals surface area contributed by atoms with Crippen LogP contribution >= 0.6 is 23.2 Å². The number of carbonyl (C=O) groups excluding carboxylic acids is 1. The van der Waals surface area contributed by atoms with Crippen LogP contribution in [0, 0.1) is 0 Å². The molecule has 0 spiro atoms. The van der Waals surface area contributed by atoms with Gasteiger partial charge in [0.25, 0.3) is 5.91 Å². The number of hydrogen-bond acceptors (Lipinski definition) is 3. The Morgan fingerprint density at radius 3 is 2.88 bits per heavy atom. The monoisotopic (exact) mass is 257 g/mol. The maximum Gasteiger partial charge on any atom is 0.251 e. The van der Waals surface area contributed by atoms with E-state index in [1.165, 1.54) is 0 Å². The Kier molecular flexibility index (Phi) is 3.41. The number of nitrogens with zero attached hydrogens (tertiary/aromatic N) is 2. The molecule has 4 nitrogen and oxygen atoms in total. The van der Waals surface area contributed by atoms with Crippen molar-refractivity contribution < 1.29 is 4.79 Å². The van der Waals surface area contributed by atoms with Crippen LogP contribution in [0.25, 0.3) is 0 Å². The van der Waals surface area contributed by atoms with Gasteiger partial charge in [-0.05, 0) is 18.2 Å². The molecular weight excluding hydrogens is 249 g/mol. The molecule has 0 aliphatic carbocycles. The van der Waals surface area contributed by atoms with E-state index < -0.39 is 6.04 Å². The summed E-state index contributed by atoms with van der Waals surface area (Å²) in [5, 5.41) is 11.2. The molecule has 1 amide bonds. The summed E-state index contributed by atoms with van der Waals surface area (Å²) in [5.74, 6) is -0.189. The van der Waals surface area contributed by atoms with Crippen LogP contribution in [0.15, 0.2) is 28.4 Å². The fraction of sp³-hybridized carbons (Fsp3) is 0.300. The van der Waals surface area contributed by atoms with E-state index in [0.717, 1.165) is 0 Å². The van der Waals surface area contributed by atoms with E-state index in [4.69, 9.17) is 23.2 Å². The molecule has 0 fully saturated rings. The summed E-state index contributed by atoms with van der Waals surface area (Å²) in [5.41, 5.74) is 0.540. The van der Waals surface area contributed by atoms with Crippen LogP contribution in [0.1, 0.15) is 6.42 Å². The van der Waals surface area contributed by atoms with Gasteiger partial charge in [-0.2, -0.15) is 10.2 Å². The average Bonchev–Trinajstić information content (AvgIpc) is 2.75. The number of benzene rings is 1. The number of azo groups is 1. The zero-order chi connectivity index (χ0) is 11.5. The van der Waals surface area contributed by atoms with E-state index >= 15 is 0 Å². The molecule has 0 bridgehead atoms. The van der Waals surface area contributed by atoms with E-state index in [0.29, 0.717) is 28.7 Å². The number of halogens is 2. The largest absolute Gasteiger partial charge is 0.323 e. The number of nitrogens with one attached hydrogen (secondary N) is 1. The van der Waals surface area contributed by atoms with Gasteiger partial charge in [0.2, 0.25) is 0 Å². The van der Waals surface area contributed by atoms with Gasteiger partial charge < -0.3 is 5.32 Å². The molecule has 1 aromatic carbocycles. The number of amides is 1. The Morgan fingerprint density at radius 2 is 2.25 bits per heavy atom. The van der Waals surface area contributed by atoms with E-state index in [9.17, 15) is 4.79 Å². The average molecular weight is 258 g/mol. The Balaban J connectivity index is 2.08. The van der Waals surface area contributed by atoms with Crippen LogP contribution < -0.4 is 5.32 Å². The Bertz CT molecular complexity index is 448. The van der Waals surface area contributed by atoms with Gasteiger partial charge in [0, 0.05) is 11.4 Å². The predicted octanol–water partition coefficient (Wildman–Crippen LogP) is 3.16. The van der Waals surface area contributed by atoms with Crippen LogP contribution in [0.2, 0.25) is 10.0 Å². The highest BCUT2D eigenvalue weighted by atomic mass is 35.5. The summed E-state index contributed by atoms with van der Waals surface area (Å²) in [6.45, 7) is 0.604. The third-order valence-corrected chi connectivity index (χ3v) is 2.76. The van der Waals surface area contributed by atoms with Gasteiger partial charge in [0.15, 0.2) is 6.04 Å². The van der Waals surface area contributed by atoms with Crippen molar-refractivity contribution >= 4 is 34.8 Å². The van der Waals surface area contributed by atoms with Gasteiger partial charge >= 0.3 is 0 Å². The van der Waals surface area contributed by atoms with Gasteiger partial charge in [-0.1, -0.05) is 23.2 Å². The number of carbonyl (C=O) groups is 1. The molecule has 0 saturated heterocycles. The van der Waals surface area contributed by atoms with Crippen molar-refractivity contribution in [3.8, 4) is 0 Å². The van der Waals surface area contributed by atoms with E-state index in [-0.39, 0.29) is 5.91 Å². The minimum Gasteiger partial charge on any atom is -0.323 e. The summed E-state index contributed by atoms with van der Waals surface area (Å²) in [4.78, 5) is 11.7. The summed E-state index contributed by atoms with van der Waals surface area (Å²) in [6.07, 6.45) is 0.650. The zero-order valence-electron chi connectivity index (χ0n) is 8.28. The van der Waals surface area contributed by atoms with Crippen LogP contribution in [-0.4, -0.2) is 18.5 Å². The third-order valence-electron chi connectivity index (χ3n) is 2.22. The minimum absolute atomic E-state index is 0.189. The van der Waals surface area contributed by atoms with E-state index in [1.807, 2.05) is 0 Å². The molecule has 0 saturated carbocycles. The van der Waals surface area contributed by atoms with Crippen LogP contribution in [-0.2, 0) is 4.79 Å². The summed E-state index contributed by atoms with van der Waals surface area (Å²) < 4.78 is 0. The molecule has 0 aromatic heterocycles. The second-order valence-corrected chi connectivity index (χ2v) is 4.24. The van der Waals surface area contributed by atoms with Crippen molar-refractivity contribution in [3.63, 3.8) is 0 Å². The highest BCUT2D eigenvalue weighted by Gasteiger charge is 2.21. The second-order valence-electron chi connectivity index (χ2n) is 3.40. The lowest BCUT2D eigenvalue weighted by Gasteiger charge is -2.09. The van der Waals surface area contributed by atoms with Crippen molar-refractivity contribution in [1.29, 1.82) is 0 Å². The molecule has 1 atom stereocenters. The first-order chi connectivity index (χ1) is 7.66. The second kappa shape index (κ2) is 4.80. The fourth-order valence-corrected chi connectivity index (χ4v) is 1.84. The van der Waals surface area contributed by atoms with Crippen molar-refractivity contribution in [2.24, 2.45) is 10.2 Å². The van der Waals surface area contributed by atoms with E-state index in [1.54, 1.807) is 18.2 Å². The summed E-state index contributed by atoms with van der Waals surface area (Å²) in [6, 6.07) is 4.51. The quantitative estimate of drug-likeness (QED) is 0.870. The van der Waals surface area contributed by atoms with Crippen molar-refractivity contribution in [3.05, 3.63) is 28.2 Å². The van der Waals surface area contributed by atoms with Gasteiger partial charge in [-0.25, -0.2) is 0 Å². The zero-order valence-corrected chi connectivity index (χ0v) is 9.79. The third kappa shape index (κ3) is 2.51. The molecule has 2 rings (SSSR count). The maximum absolute atomic E-state index is 11.7. The SMILES string of the molecule is O=C(Nc1ccc(Cl)cc1Cl)C1CCN=N1. The predicted molar refractivity (Wildman–Crippen MR) is 63.2 cm³/mol. The van der Waals surface area contributed by atoms with Crippen LogP contribution in [0.3, 0.4) is 0 Å². The Hall–Kier alpha value is -1.13. The molecule has 1 unspecified atom stereocenters. The first kappa shape index (κ1) is 11.4. The van der Waals surface area contributed by atoms with Crippen molar-refractivity contribution in [2.75, 3.05) is 11.9 Å². The molecule has 16 heavy (non-hydrogen) atoms. The van der Waals surface area contributed by atoms with Gasteiger partial charge in [-0.15, -0.1) is 0 Å². The lowest BCUT2D eigenvalue weighted by atomic mass is 10.2. The Labute approximate surface area is 103 Å². The molecule has 84 valence electrons. The molecule has 0 radical (unpaired) electrons. The lowest BCUT2D eigenvalue weighted by molar-refractivity contribution is -0.117. The molecular formula is C10H9Cl2N3O. The molecule has 1 aliphatic heterocycles. The van der Waals surface area contributed by atoms with Crippen LogP contribution in [0.4, 0.5) is 5.69 Å². The van der Waals surface area contributed by atoms with Gasteiger partial charge in [0.1, 0.15) is 0 Å². The maximum atomic E-state index is 11.7. The number of rotatable bonds is 2. The van der Waals surface area contributed by atoms with Crippen molar-refractivity contribution in [2.45, 2.75) is 12.5 Å². The molecule has 1 aliphatic rings. The fourth-order valence-electron chi connectivity index (χ4n) is 1.38. The van der Waals surface area contributed by atoms with E-state index in [2.05, 4.69) is 15.5 Å². The lowest BCUT2D eigenvalue weighted by Crippen LogP contribution is -2.24. The van der Waals surface area contributed by atoms with Gasteiger partial charge in [-0.3, -0.25) is 4.79 Å². The molecule has 1 N–H and O–H groups in total. The highest BCUT2D eigenvalue weighted by molar-refractivity contribution is 6.36. The first-order valence-corrected chi connectivity index (χ1v) is 5.55. The molecule has 1 heterocycles. The summed E-state index contributed by atoms with van der Waals surface area (Å²) in [7, 11) is 0.